The van der Waals surface area contributed by atoms with Crippen LogP contribution < -0.4 is 5.32 Å². The van der Waals surface area contributed by atoms with E-state index in [2.05, 4.69) is 29.3 Å². The van der Waals surface area contributed by atoms with Crippen molar-refractivity contribution in [3.63, 3.8) is 0 Å². The van der Waals surface area contributed by atoms with Gasteiger partial charge in [-0.2, -0.15) is 5.10 Å². The molecular weight excluding hydrogens is 310 g/mol. The summed E-state index contributed by atoms with van der Waals surface area (Å²) in [6.07, 6.45) is 0.692. The molecule has 3 heterocycles. The monoisotopic (exact) mass is 335 g/mol. The van der Waals surface area contributed by atoms with Gasteiger partial charge in [0, 0.05) is 30.9 Å². The van der Waals surface area contributed by atoms with Crippen LogP contribution in [-0.4, -0.2) is 71.4 Å². The third-order valence-corrected chi connectivity index (χ3v) is 4.86. The highest BCUT2D eigenvalue weighted by Crippen LogP contribution is 2.28. The molecule has 1 aromatic heterocycles. The average Bonchev–Trinajstić information content (AvgIpc) is 3.01. The number of imide groups is 1. The summed E-state index contributed by atoms with van der Waals surface area (Å²) in [6, 6.07) is -0.0616. The van der Waals surface area contributed by atoms with Crippen molar-refractivity contribution >= 4 is 11.9 Å². The van der Waals surface area contributed by atoms with Gasteiger partial charge in [-0.05, 0) is 27.3 Å². The Kier molecular flexibility index (Phi) is 4.86. The van der Waals surface area contributed by atoms with Crippen LogP contribution in [0, 0.1) is 13.8 Å². The number of aromatic nitrogens is 2. The molecule has 2 saturated heterocycles. The van der Waals surface area contributed by atoms with Crippen molar-refractivity contribution in [3.8, 4) is 0 Å². The number of carbonyl (C=O) groups excluding carboxylic acids is 2. The molecule has 132 valence electrons. The maximum Gasteiger partial charge on any atom is 0.324 e. The van der Waals surface area contributed by atoms with E-state index in [1.165, 1.54) is 10.5 Å². The number of morpholine rings is 1. The van der Waals surface area contributed by atoms with Gasteiger partial charge in [0.15, 0.2) is 0 Å². The summed E-state index contributed by atoms with van der Waals surface area (Å²) in [5, 5.41) is 7.19. The average molecular weight is 335 g/mol. The lowest BCUT2D eigenvalue weighted by atomic mass is 10.0. The first-order chi connectivity index (χ1) is 11.5. The Bertz CT molecular complexity index is 626. The van der Waals surface area contributed by atoms with Gasteiger partial charge in [0.2, 0.25) is 5.91 Å². The van der Waals surface area contributed by atoms with Crippen LogP contribution >= 0.6 is 0 Å². The fraction of sp³-hybridized carbons (Fsp3) is 0.688. The van der Waals surface area contributed by atoms with Crippen molar-refractivity contribution in [2.24, 2.45) is 0 Å². The quantitative estimate of drug-likeness (QED) is 0.790. The van der Waals surface area contributed by atoms with E-state index in [1.807, 2.05) is 11.6 Å². The highest BCUT2D eigenvalue weighted by atomic mass is 16.5. The molecule has 0 spiro atoms. The summed E-state index contributed by atoms with van der Waals surface area (Å²) in [5.41, 5.74) is 3.38. The lowest BCUT2D eigenvalue weighted by molar-refractivity contribution is -0.125. The molecule has 3 rings (SSSR count). The normalized spacial score (nSPS) is 22.3. The molecule has 0 aromatic carbocycles. The predicted molar refractivity (Wildman–Crippen MR) is 87.6 cm³/mol. The first-order valence-electron chi connectivity index (χ1n) is 8.39. The van der Waals surface area contributed by atoms with Gasteiger partial charge < -0.3 is 10.1 Å². The van der Waals surface area contributed by atoms with E-state index in [-0.39, 0.29) is 24.5 Å². The third kappa shape index (κ3) is 3.16. The molecule has 2 aliphatic heterocycles. The van der Waals surface area contributed by atoms with Crippen molar-refractivity contribution in [1.82, 2.24) is 24.9 Å². The highest BCUT2D eigenvalue weighted by molar-refractivity contribution is 6.01. The van der Waals surface area contributed by atoms with E-state index in [4.69, 9.17) is 4.74 Å². The van der Waals surface area contributed by atoms with Crippen molar-refractivity contribution in [2.75, 3.05) is 39.9 Å². The fourth-order valence-corrected chi connectivity index (χ4v) is 3.46. The molecule has 0 radical (unpaired) electrons. The molecule has 1 atom stereocenters. The van der Waals surface area contributed by atoms with Crippen LogP contribution in [0.3, 0.4) is 0 Å². The second-order valence-electron chi connectivity index (χ2n) is 6.44. The second-order valence-corrected chi connectivity index (χ2v) is 6.44. The van der Waals surface area contributed by atoms with E-state index >= 15 is 0 Å². The van der Waals surface area contributed by atoms with E-state index in [1.54, 1.807) is 0 Å². The standard InChI is InChI=1S/C16H25N5O3/c1-11-15(13-10-24-8-7-19(13)3)12(2)21(18-11)6-4-5-20-14(22)9-17-16(20)23/h13H,4-10H2,1-3H3,(H,17,23). The SMILES string of the molecule is Cc1nn(CCCN2C(=O)CNC2=O)c(C)c1C1COCCN1C. The molecule has 1 aromatic rings. The number of aryl methyl sites for hydroxylation is 2. The number of hydrogen-bond donors (Lipinski definition) is 1. The molecule has 0 bridgehead atoms. The zero-order valence-corrected chi connectivity index (χ0v) is 14.5. The molecule has 0 saturated carbocycles. The van der Waals surface area contributed by atoms with Gasteiger partial charge in [0.25, 0.3) is 0 Å². The smallest absolute Gasteiger partial charge is 0.324 e. The van der Waals surface area contributed by atoms with Crippen molar-refractivity contribution in [1.29, 1.82) is 0 Å². The Labute approximate surface area is 141 Å². The van der Waals surface area contributed by atoms with Crippen LogP contribution in [-0.2, 0) is 16.1 Å². The summed E-state index contributed by atoms with van der Waals surface area (Å²) in [6.45, 7) is 7.69. The number of ether oxygens (including phenoxy) is 1. The number of carbonyl (C=O) groups is 2. The lowest BCUT2D eigenvalue weighted by Crippen LogP contribution is -2.37. The molecule has 2 fully saturated rings. The minimum atomic E-state index is -0.296. The van der Waals surface area contributed by atoms with E-state index < -0.39 is 0 Å². The molecule has 1 N–H and O–H groups in total. The van der Waals surface area contributed by atoms with Gasteiger partial charge in [0.1, 0.15) is 0 Å². The summed E-state index contributed by atoms with van der Waals surface area (Å²) in [4.78, 5) is 26.7. The Morgan fingerprint density at radius 1 is 1.29 bits per heavy atom. The predicted octanol–water partition coefficient (Wildman–Crippen LogP) is 0.445. The number of nitrogens with one attached hydrogen (secondary N) is 1. The van der Waals surface area contributed by atoms with E-state index in [0.717, 1.165) is 24.5 Å². The Morgan fingerprint density at radius 3 is 2.75 bits per heavy atom. The number of likely N-dealkylation sites (N-methyl/N-ethyl adjacent to an activating group) is 1. The van der Waals surface area contributed by atoms with Crippen LogP contribution in [0.5, 0.6) is 0 Å². The summed E-state index contributed by atoms with van der Waals surface area (Å²) >= 11 is 0. The number of nitrogens with zero attached hydrogens (tertiary/aromatic N) is 4. The van der Waals surface area contributed by atoms with Crippen molar-refractivity contribution in [2.45, 2.75) is 32.9 Å². The van der Waals surface area contributed by atoms with Gasteiger partial charge in [-0.25, -0.2) is 4.79 Å². The summed E-state index contributed by atoms with van der Waals surface area (Å²) < 4.78 is 7.61. The highest BCUT2D eigenvalue weighted by Gasteiger charge is 2.29. The number of amides is 3. The first-order valence-corrected chi connectivity index (χ1v) is 8.39. The molecule has 3 amide bonds. The van der Waals surface area contributed by atoms with Gasteiger partial charge in [-0.15, -0.1) is 0 Å². The number of hydrogen-bond acceptors (Lipinski definition) is 5. The summed E-state index contributed by atoms with van der Waals surface area (Å²) in [7, 11) is 2.11. The summed E-state index contributed by atoms with van der Waals surface area (Å²) in [5.74, 6) is -0.157. The minimum Gasteiger partial charge on any atom is -0.378 e. The third-order valence-electron chi connectivity index (χ3n) is 4.86. The van der Waals surface area contributed by atoms with E-state index in [9.17, 15) is 9.59 Å². The van der Waals surface area contributed by atoms with Crippen molar-refractivity contribution in [3.05, 3.63) is 17.0 Å². The first kappa shape index (κ1) is 16.9. The fourth-order valence-electron chi connectivity index (χ4n) is 3.46. The zero-order valence-electron chi connectivity index (χ0n) is 14.5. The lowest BCUT2D eigenvalue weighted by Gasteiger charge is -2.32. The minimum absolute atomic E-state index is 0.108. The Balaban J connectivity index is 1.65. The van der Waals surface area contributed by atoms with Gasteiger partial charge in [0.05, 0.1) is 31.5 Å². The van der Waals surface area contributed by atoms with Crippen LogP contribution in [0.15, 0.2) is 0 Å². The Morgan fingerprint density at radius 2 is 2.08 bits per heavy atom. The zero-order chi connectivity index (χ0) is 17.3. The largest absolute Gasteiger partial charge is 0.378 e. The topological polar surface area (TPSA) is 79.7 Å². The maximum atomic E-state index is 11.6. The molecule has 1 unspecified atom stereocenters. The van der Waals surface area contributed by atoms with Gasteiger partial charge in [-0.3, -0.25) is 19.3 Å². The van der Waals surface area contributed by atoms with Crippen LogP contribution in [0.1, 0.15) is 29.4 Å². The van der Waals surface area contributed by atoms with Crippen molar-refractivity contribution < 1.29 is 14.3 Å². The van der Waals surface area contributed by atoms with Gasteiger partial charge >= 0.3 is 6.03 Å². The maximum absolute atomic E-state index is 11.6. The van der Waals surface area contributed by atoms with Crippen LogP contribution in [0.2, 0.25) is 0 Å². The number of urea groups is 1. The molecular formula is C16H25N5O3. The molecule has 0 aliphatic carbocycles. The van der Waals surface area contributed by atoms with Gasteiger partial charge in [-0.1, -0.05) is 0 Å². The second kappa shape index (κ2) is 6.90. The number of rotatable bonds is 5. The molecule has 8 heteroatoms. The molecule has 8 nitrogen and oxygen atoms in total. The van der Waals surface area contributed by atoms with E-state index in [0.29, 0.717) is 26.1 Å². The molecule has 24 heavy (non-hydrogen) atoms. The van der Waals surface area contributed by atoms with Crippen LogP contribution in [0.25, 0.3) is 0 Å². The Hall–Kier alpha value is -1.93. The van der Waals surface area contributed by atoms with Crippen LogP contribution in [0.4, 0.5) is 4.79 Å². The molecule has 2 aliphatic rings.